The lowest BCUT2D eigenvalue weighted by Crippen LogP contribution is -2.05. The molecular formula is C16H19NO. The van der Waals surface area contributed by atoms with Gasteiger partial charge in [-0.1, -0.05) is 24.3 Å². The molecule has 0 aliphatic heterocycles. The number of aryl methyl sites for hydroxylation is 1. The molecule has 0 saturated heterocycles. The summed E-state index contributed by atoms with van der Waals surface area (Å²) < 4.78 is 5.62. The van der Waals surface area contributed by atoms with Gasteiger partial charge in [0, 0.05) is 5.69 Å². The Hall–Kier alpha value is -1.96. The molecule has 2 heteroatoms. The maximum Gasteiger partial charge on any atom is 0.119 e. The number of rotatable bonds is 3. The maximum absolute atomic E-state index is 5.93. The van der Waals surface area contributed by atoms with Crippen molar-refractivity contribution in [2.24, 2.45) is 0 Å². The van der Waals surface area contributed by atoms with Gasteiger partial charge in [-0.25, -0.2) is 0 Å². The zero-order chi connectivity index (χ0) is 13.1. The number of nitrogen functional groups attached to an aromatic ring is 1. The van der Waals surface area contributed by atoms with E-state index < -0.39 is 0 Å². The molecule has 2 aromatic rings. The largest absolute Gasteiger partial charge is 0.491 e. The van der Waals surface area contributed by atoms with Crippen molar-refractivity contribution in [1.82, 2.24) is 0 Å². The first-order valence-electron chi connectivity index (χ1n) is 6.19. The van der Waals surface area contributed by atoms with Gasteiger partial charge in [-0.15, -0.1) is 0 Å². The summed E-state index contributed by atoms with van der Waals surface area (Å²) in [5.74, 6) is 0.897. The summed E-state index contributed by atoms with van der Waals surface area (Å²) in [6, 6.07) is 14.2. The van der Waals surface area contributed by atoms with E-state index in [1.165, 1.54) is 0 Å². The summed E-state index contributed by atoms with van der Waals surface area (Å²) in [5.41, 5.74) is 10.2. The van der Waals surface area contributed by atoms with Crippen molar-refractivity contribution >= 4 is 5.69 Å². The normalized spacial score (nSPS) is 10.7. The van der Waals surface area contributed by atoms with E-state index in [0.29, 0.717) is 0 Å². The van der Waals surface area contributed by atoms with Gasteiger partial charge in [0.25, 0.3) is 0 Å². The summed E-state index contributed by atoms with van der Waals surface area (Å²) in [6.07, 6.45) is 0.200. The molecule has 0 aliphatic rings. The molecule has 0 radical (unpaired) electrons. The third-order valence-electron chi connectivity index (χ3n) is 2.84. The van der Waals surface area contributed by atoms with E-state index in [1.54, 1.807) is 0 Å². The Morgan fingerprint density at radius 3 is 2.11 bits per heavy atom. The minimum absolute atomic E-state index is 0.200. The van der Waals surface area contributed by atoms with Crippen molar-refractivity contribution in [3.8, 4) is 16.9 Å². The molecule has 94 valence electrons. The van der Waals surface area contributed by atoms with Crippen LogP contribution in [0.3, 0.4) is 0 Å². The van der Waals surface area contributed by atoms with Crippen LogP contribution in [-0.2, 0) is 0 Å². The van der Waals surface area contributed by atoms with Crippen LogP contribution in [0.4, 0.5) is 5.69 Å². The highest BCUT2D eigenvalue weighted by atomic mass is 16.5. The molecule has 0 amide bonds. The molecule has 0 aromatic heterocycles. The summed E-state index contributed by atoms with van der Waals surface area (Å²) in [6.45, 7) is 6.06. The molecular weight excluding hydrogens is 222 g/mol. The zero-order valence-corrected chi connectivity index (χ0v) is 11.1. The van der Waals surface area contributed by atoms with Crippen LogP contribution in [0.1, 0.15) is 19.4 Å². The van der Waals surface area contributed by atoms with E-state index >= 15 is 0 Å². The molecule has 0 heterocycles. The van der Waals surface area contributed by atoms with Gasteiger partial charge >= 0.3 is 0 Å². The molecule has 2 rings (SSSR count). The highest BCUT2D eigenvalue weighted by Crippen LogP contribution is 2.25. The average Bonchev–Trinajstić information content (AvgIpc) is 2.33. The smallest absolute Gasteiger partial charge is 0.119 e. The fraction of sp³-hybridized carbons (Fsp3) is 0.250. The summed E-state index contributed by atoms with van der Waals surface area (Å²) in [7, 11) is 0. The number of benzene rings is 2. The first-order valence-corrected chi connectivity index (χ1v) is 6.19. The topological polar surface area (TPSA) is 35.2 Å². The number of hydrogen-bond donors (Lipinski definition) is 1. The molecule has 0 fully saturated rings. The maximum atomic E-state index is 5.93. The Kier molecular flexibility index (Phi) is 3.56. The van der Waals surface area contributed by atoms with Crippen molar-refractivity contribution in [3.63, 3.8) is 0 Å². The standard InChI is InChI=1S/C16H19NO/c1-11(2)18-15-8-6-13(7-9-15)14-5-4-12(3)16(17)10-14/h4-11H,17H2,1-3H3. The summed E-state index contributed by atoms with van der Waals surface area (Å²) >= 11 is 0. The van der Waals surface area contributed by atoms with Gasteiger partial charge in [-0.2, -0.15) is 0 Å². The Morgan fingerprint density at radius 1 is 0.944 bits per heavy atom. The van der Waals surface area contributed by atoms with Crippen molar-refractivity contribution in [2.75, 3.05) is 5.73 Å². The van der Waals surface area contributed by atoms with Gasteiger partial charge in [0.15, 0.2) is 0 Å². The van der Waals surface area contributed by atoms with E-state index in [1.807, 2.05) is 45.0 Å². The minimum atomic E-state index is 0.200. The average molecular weight is 241 g/mol. The van der Waals surface area contributed by atoms with Crippen LogP contribution in [0.25, 0.3) is 11.1 Å². The third-order valence-corrected chi connectivity index (χ3v) is 2.84. The fourth-order valence-electron chi connectivity index (χ4n) is 1.82. The molecule has 0 unspecified atom stereocenters. The molecule has 0 saturated carbocycles. The van der Waals surface area contributed by atoms with Crippen molar-refractivity contribution in [1.29, 1.82) is 0 Å². The van der Waals surface area contributed by atoms with Crippen LogP contribution in [0.2, 0.25) is 0 Å². The second-order valence-electron chi connectivity index (χ2n) is 4.76. The second-order valence-corrected chi connectivity index (χ2v) is 4.76. The second kappa shape index (κ2) is 5.13. The Labute approximate surface area is 108 Å². The lowest BCUT2D eigenvalue weighted by Gasteiger charge is -2.10. The highest BCUT2D eigenvalue weighted by Gasteiger charge is 2.02. The van der Waals surface area contributed by atoms with E-state index in [4.69, 9.17) is 10.5 Å². The molecule has 0 atom stereocenters. The van der Waals surface area contributed by atoms with Crippen LogP contribution >= 0.6 is 0 Å². The van der Waals surface area contributed by atoms with Crippen LogP contribution in [0.5, 0.6) is 5.75 Å². The molecule has 0 spiro atoms. The van der Waals surface area contributed by atoms with Crippen LogP contribution in [-0.4, -0.2) is 6.10 Å². The molecule has 0 bridgehead atoms. The van der Waals surface area contributed by atoms with E-state index in [0.717, 1.165) is 28.1 Å². The number of anilines is 1. The lowest BCUT2D eigenvalue weighted by molar-refractivity contribution is 0.242. The number of nitrogens with two attached hydrogens (primary N) is 1. The van der Waals surface area contributed by atoms with E-state index in [9.17, 15) is 0 Å². The van der Waals surface area contributed by atoms with Gasteiger partial charge in [0.1, 0.15) is 5.75 Å². The Balaban J connectivity index is 2.25. The molecule has 0 aliphatic carbocycles. The fourth-order valence-corrected chi connectivity index (χ4v) is 1.82. The Bertz CT molecular complexity index is 529. The molecule has 2 nitrogen and oxygen atoms in total. The third kappa shape index (κ3) is 2.83. The van der Waals surface area contributed by atoms with Gasteiger partial charge in [0.2, 0.25) is 0 Å². The van der Waals surface area contributed by atoms with Crippen molar-refractivity contribution < 1.29 is 4.74 Å². The van der Waals surface area contributed by atoms with Crippen molar-refractivity contribution in [3.05, 3.63) is 48.0 Å². The minimum Gasteiger partial charge on any atom is -0.491 e. The van der Waals surface area contributed by atoms with Crippen LogP contribution in [0.15, 0.2) is 42.5 Å². The van der Waals surface area contributed by atoms with Crippen LogP contribution in [0, 0.1) is 6.92 Å². The van der Waals surface area contributed by atoms with Gasteiger partial charge in [-0.3, -0.25) is 0 Å². The number of hydrogen-bond acceptors (Lipinski definition) is 2. The van der Waals surface area contributed by atoms with Gasteiger partial charge in [0.05, 0.1) is 6.10 Å². The summed E-state index contributed by atoms with van der Waals surface area (Å²) in [4.78, 5) is 0. The summed E-state index contributed by atoms with van der Waals surface area (Å²) in [5, 5.41) is 0. The number of ether oxygens (including phenoxy) is 1. The van der Waals surface area contributed by atoms with E-state index in [-0.39, 0.29) is 6.10 Å². The first-order chi connectivity index (χ1) is 8.56. The molecule has 18 heavy (non-hydrogen) atoms. The van der Waals surface area contributed by atoms with Crippen LogP contribution < -0.4 is 10.5 Å². The SMILES string of the molecule is Cc1ccc(-c2ccc(OC(C)C)cc2)cc1N. The molecule has 2 N–H and O–H groups in total. The zero-order valence-electron chi connectivity index (χ0n) is 11.1. The Morgan fingerprint density at radius 2 is 1.56 bits per heavy atom. The predicted octanol–water partition coefficient (Wildman–Crippen LogP) is 4.03. The van der Waals surface area contributed by atoms with Gasteiger partial charge < -0.3 is 10.5 Å². The van der Waals surface area contributed by atoms with E-state index in [2.05, 4.69) is 18.2 Å². The van der Waals surface area contributed by atoms with Crippen molar-refractivity contribution in [2.45, 2.75) is 26.9 Å². The monoisotopic (exact) mass is 241 g/mol. The highest BCUT2D eigenvalue weighted by molar-refractivity contribution is 5.69. The van der Waals surface area contributed by atoms with Gasteiger partial charge in [-0.05, 0) is 55.7 Å². The first kappa shape index (κ1) is 12.5. The predicted molar refractivity (Wildman–Crippen MR) is 76.8 cm³/mol. The quantitative estimate of drug-likeness (QED) is 0.823. The lowest BCUT2D eigenvalue weighted by atomic mass is 10.0. The molecule has 2 aromatic carbocycles.